The first-order valence-electron chi connectivity index (χ1n) is 4.21. The van der Waals surface area contributed by atoms with Gasteiger partial charge in [-0.25, -0.2) is 4.98 Å². The molecule has 3 nitrogen and oxygen atoms in total. The molecule has 68 valence electrons. The van der Waals surface area contributed by atoms with Crippen LogP contribution in [0.15, 0.2) is 0 Å². The molecule has 0 aromatic carbocycles. The van der Waals surface area contributed by atoms with Crippen molar-refractivity contribution in [2.75, 3.05) is 0 Å². The molecule has 0 aliphatic heterocycles. The summed E-state index contributed by atoms with van der Waals surface area (Å²) < 4.78 is 0. The number of aromatic amines is 1. The van der Waals surface area contributed by atoms with E-state index in [9.17, 15) is 0 Å². The number of rotatable bonds is 1. The van der Waals surface area contributed by atoms with E-state index >= 15 is 0 Å². The number of hydrogen-bond acceptors (Lipinski definition) is 2. The molecule has 0 atom stereocenters. The van der Waals surface area contributed by atoms with E-state index in [2.05, 4.69) is 30.7 Å². The molecule has 1 aromatic heterocycles. The zero-order chi connectivity index (χ0) is 9.35. The van der Waals surface area contributed by atoms with Crippen LogP contribution >= 0.6 is 0 Å². The van der Waals surface area contributed by atoms with Crippen LogP contribution < -0.4 is 5.73 Å². The Bertz CT molecular complexity index is 268. The topological polar surface area (TPSA) is 54.7 Å². The minimum absolute atomic E-state index is 0.105. The molecule has 3 N–H and O–H groups in total. The molecular weight excluding hydrogens is 150 g/mol. The minimum Gasteiger partial charge on any atom is -0.345 e. The highest BCUT2D eigenvalue weighted by Gasteiger charge is 2.19. The number of H-pyrrole nitrogens is 1. The van der Waals surface area contributed by atoms with Gasteiger partial charge in [-0.1, -0.05) is 20.8 Å². The minimum atomic E-state index is 0.105. The van der Waals surface area contributed by atoms with Gasteiger partial charge in [-0.05, 0) is 6.92 Å². The predicted octanol–water partition coefficient (Wildman–Crippen LogP) is 1.47. The molecule has 12 heavy (non-hydrogen) atoms. The Morgan fingerprint density at radius 3 is 2.25 bits per heavy atom. The fourth-order valence-electron chi connectivity index (χ4n) is 1.35. The van der Waals surface area contributed by atoms with Crippen LogP contribution in [-0.4, -0.2) is 9.97 Å². The van der Waals surface area contributed by atoms with E-state index in [1.807, 2.05) is 6.92 Å². The van der Waals surface area contributed by atoms with Crippen LogP contribution in [0.3, 0.4) is 0 Å². The molecule has 0 radical (unpaired) electrons. The number of aromatic nitrogens is 2. The number of hydrogen-bond donors (Lipinski definition) is 2. The lowest BCUT2D eigenvalue weighted by atomic mass is 9.91. The van der Waals surface area contributed by atoms with Crippen LogP contribution in [0.2, 0.25) is 0 Å². The Morgan fingerprint density at radius 2 is 2.00 bits per heavy atom. The van der Waals surface area contributed by atoms with Crippen molar-refractivity contribution in [1.29, 1.82) is 0 Å². The van der Waals surface area contributed by atoms with Crippen molar-refractivity contribution in [1.82, 2.24) is 9.97 Å². The van der Waals surface area contributed by atoms with Gasteiger partial charge in [0.05, 0.1) is 12.2 Å². The van der Waals surface area contributed by atoms with Gasteiger partial charge in [0.25, 0.3) is 0 Å². The van der Waals surface area contributed by atoms with Crippen LogP contribution in [0.25, 0.3) is 0 Å². The third kappa shape index (κ3) is 1.67. The molecule has 0 fully saturated rings. The highest BCUT2D eigenvalue weighted by Crippen LogP contribution is 2.22. The molecule has 3 heteroatoms. The van der Waals surface area contributed by atoms with Gasteiger partial charge in [-0.2, -0.15) is 0 Å². The van der Waals surface area contributed by atoms with Gasteiger partial charge in [0.2, 0.25) is 0 Å². The summed E-state index contributed by atoms with van der Waals surface area (Å²) in [4.78, 5) is 7.58. The first kappa shape index (κ1) is 9.26. The van der Waals surface area contributed by atoms with Crippen LogP contribution in [0.4, 0.5) is 0 Å². The molecule has 1 aromatic rings. The lowest BCUT2D eigenvalue weighted by Crippen LogP contribution is -2.13. The van der Waals surface area contributed by atoms with E-state index in [1.54, 1.807) is 0 Å². The number of imidazole rings is 1. The van der Waals surface area contributed by atoms with E-state index in [0.717, 1.165) is 17.2 Å². The van der Waals surface area contributed by atoms with E-state index in [4.69, 9.17) is 5.73 Å². The molecule has 0 unspecified atom stereocenters. The van der Waals surface area contributed by atoms with Crippen LogP contribution in [0.1, 0.15) is 38.0 Å². The summed E-state index contributed by atoms with van der Waals surface area (Å²) in [5.74, 6) is 0.873. The molecule has 0 aliphatic rings. The fraction of sp³-hybridized carbons (Fsp3) is 0.667. The highest BCUT2D eigenvalue weighted by molar-refractivity contribution is 5.20. The molecule has 0 spiro atoms. The third-order valence-electron chi connectivity index (χ3n) is 1.84. The van der Waals surface area contributed by atoms with Crippen LogP contribution in [0.5, 0.6) is 0 Å². The number of nitrogens with two attached hydrogens (primary N) is 1. The van der Waals surface area contributed by atoms with Gasteiger partial charge < -0.3 is 10.7 Å². The Balaban J connectivity index is 3.08. The van der Waals surface area contributed by atoms with E-state index in [-0.39, 0.29) is 5.41 Å². The zero-order valence-electron chi connectivity index (χ0n) is 8.23. The molecular formula is C9H17N3. The number of nitrogens with one attached hydrogen (secondary N) is 1. The monoisotopic (exact) mass is 167 g/mol. The summed E-state index contributed by atoms with van der Waals surface area (Å²) in [5, 5.41) is 0. The van der Waals surface area contributed by atoms with Crippen molar-refractivity contribution in [2.24, 2.45) is 5.73 Å². The van der Waals surface area contributed by atoms with Crippen molar-refractivity contribution in [3.8, 4) is 0 Å². The van der Waals surface area contributed by atoms with Crippen LogP contribution in [-0.2, 0) is 12.0 Å². The Morgan fingerprint density at radius 1 is 1.42 bits per heavy atom. The van der Waals surface area contributed by atoms with Gasteiger partial charge >= 0.3 is 0 Å². The summed E-state index contributed by atoms with van der Waals surface area (Å²) in [6, 6.07) is 0. The van der Waals surface area contributed by atoms with E-state index in [0.29, 0.717) is 6.54 Å². The van der Waals surface area contributed by atoms with Gasteiger partial charge in [0, 0.05) is 11.1 Å². The molecule has 0 aliphatic carbocycles. The quantitative estimate of drug-likeness (QED) is 0.665. The lowest BCUT2D eigenvalue weighted by molar-refractivity contribution is 0.566. The Hall–Kier alpha value is -0.830. The summed E-state index contributed by atoms with van der Waals surface area (Å²) in [6.07, 6.45) is 0. The first-order valence-corrected chi connectivity index (χ1v) is 4.21. The maximum atomic E-state index is 5.48. The lowest BCUT2D eigenvalue weighted by Gasteiger charge is -2.15. The second kappa shape index (κ2) is 2.90. The summed E-state index contributed by atoms with van der Waals surface area (Å²) in [5.41, 5.74) is 7.83. The first-order chi connectivity index (χ1) is 5.45. The fourth-order valence-corrected chi connectivity index (χ4v) is 1.35. The van der Waals surface area contributed by atoms with Gasteiger partial charge in [-0.15, -0.1) is 0 Å². The SMILES string of the molecule is Cc1[nH]c(CN)nc1C(C)(C)C. The summed E-state index contributed by atoms with van der Waals surface area (Å²) in [6.45, 7) is 8.97. The summed E-state index contributed by atoms with van der Waals surface area (Å²) in [7, 11) is 0. The van der Waals surface area contributed by atoms with Gasteiger partial charge in [0.15, 0.2) is 0 Å². The maximum absolute atomic E-state index is 5.48. The third-order valence-corrected chi connectivity index (χ3v) is 1.84. The standard InChI is InChI=1S/C9H17N3/c1-6-8(9(2,3)4)12-7(5-10)11-6/h5,10H2,1-4H3,(H,11,12). The maximum Gasteiger partial charge on any atom is 0.120 e. The van der Waals surface area contributed by atoms with Crippen molar-refractivity contribution in [2.45, 2.75) is 39.7 Å². The molecule has 0 saturated carbocycles. The number of nitrogens with zero attached hydrogens (tertiary/aromatic N) is 1. The predicted molar refractivity (Wildman–Crippen MR) is 49.9 cm³/mol. The van der Waals surface area contributed by atoms with Crippen LogP contribution in [0, 0.1) is 6.92 Å². The van der Waals surface area contributed by atoms with Gasteiger partial charge in [0.1, 0.15) is 5.82 Å². The molecule has 0 saturated heterocycles. The normalized spacial score (nSPS) is 12.1. The molecule has 1 rings (SSSR count). The number of aryl methyl sites for hydroxylation is 1. The van der Waals surface area contributed by atoms with Gasteiger partial charge in [-0.3, -0.25) is 0 Å². The molecule has 1 heterocycles. The van der Waals surface area contributed by atoms with Crippen molar-refractivity contribution < 1.29 is 0 Å². The Kier molecular flexibility index (Phi) is 2.24. The second-order valence-corrected chi connectivity index (χ2v) is 4.11. The summed E-state index contributed by atoms with van der Waals surface area (Å²) >= 11 is 0. The molecule has 0 bridgehead atoms. The molecule has 0 amide bonds. The average Bonchev–Trinajstić information content (AvgIpc) is 2.29. The second-order valence-electron chi connectivity index (χ2n) is 4.11. The Labute approximate surface area is 73.4 Å². The smallest absolute Gasteiger partial charge is 0.120 e. The van der Waals surface area contributed by atoms with Crippen molar-refractivity contribution in [3.63, 3.8) is 0 Å². The van der Waals surface area contributed by atoms with Crippen molar-refractivity contribution in [3.05, 3.63) is 17.2 Å². The van der Waals surface area contributed by atoms with Crippen molar-refractivity contribution >= 4 is 0 Å². The van der Waals surface area contributed by atoms with E-state index < -0.39 is 0 Å². The highest BCUT2D eigenvalue weighted by atomic mass is 15.0. The van der Waals surface area contributed by atoms with E-state index in [1.165, 1.54) is 0 Å². The zero-order valence-corrected chi connectivity index (χ0v) is 8.23. The largest absolute Gasteiger partial charge is 0.345 e. The average molecular weight is 167 g/mol.